The van der Waals surface area contributed by atoms with Crippen LogP contribution in [0.25, 0.3) is 10.7 Å². The Balaban J connectivity index is 2.79. The molecule has 0 unspecified atom stereocenters. The van der Waals surface area contributed by atoms with Crippen LogP contribution in [0.15, 0.2) is 12.5 Å². The first-order valence-electron chi connectivity index (χ1n) is 2.35. The number of aromatic nitrogens is 4. The van der Waals surface area contributed by atoms with Gasteiger partial charge in [0, 0.05) is 0 Å². The smallest absolute Gasteiger partial charge is 0.196 e. The van der Waals surface area contributed by atoms with E-state index in [1.807, 2.05) is 0 Å². The van der Waals surface area contributed by atoms with E-state index in [4.69, 9.17) is 0 Å². The number of hydrogen-bond donors (Lipinski definition) is 0. The van der Waals surface area contributed by atoms with Gasteiger partial charge in [-0.05, 0) is 11.5 Å². The van der Waals surface area contributed by atoms with Crippen molar-refractivity contribution in [1.82, 2.24) is 19.6 Å². The first-order chi connectivity index (χ1) is 4.47. The van der Waals surface area contributed by atoms with Crippen molar-refractivity contribution in [2.45, 2.75) is 0 Å². The Kier molecular flexibility index (Phi) is 0.895. The summed E-state index contributed by atoms with van der Waals surface area (Å²) in [6.45, 7) is 0. The molecule has 0 atom stereocenters. The zero-order valence-electron chi connectivity index (χ0n) is 4.35. The van der Waals surface area contributed by atoms with E-state index in [0.717, 1.165) is 4.88 Å². The fourth-order valence-corrected chi connectivity index (χ4v) is 1.03. The van der Waals surface area contributed by atoms with E-state index in [9.17, 15) is 0 Å². The van der Waals surface area contributed by atoms with E-state index < -0.39 is 0 Å². The molecule has 2 aliphatic heterocycles. The molecule has 0 aromatic carbocycles. The van der Waals surface area contributed by atoms with Gasteiger partial charge in [-0.1, -0.05) is 0 Å². The Hall–Kier alpha value is -1.10. The molecule has 2 heterocycles. The highest BCUT2D eigenvalue weighted by Gasteiger charge is 2.04. The molecule has 0 N–H and O–H groups in total. The second kappa shape index (κ2) is 1.70. The van der Waals surface area contributed by atoms with Crippen molar-refractivity contribution < 1.29 is 0 Å². The van der Waals surface area contributed by atoms with Crippen LogP contribution in [-0.2, 0) is 0 Å². The summed E-state index contributed by atoms with van der Waals surface area (Å²) in [5.41, 5.74) is 0. The molecule has 0 saturated carbocycles. The predicted molar refractivity (Wildman–Crippen MR) is 32.1 cm³/mol. The number of nitrogens with zero attached hydrogens (tertiary/aromatic N) is 4. The third-order valence-electron chi connectivity index (χ3n) is 0.926. The van der Waals surface area contributed by atoms with Gasteiger partial charge in [0.1, 0.15) is 11.2 Å². The van der Waals surface area contributed by atoms with E-state index in [1.165, 1.54) is 17.9 Å². The van der Waals surface area contributed by atoms with Crippen molar-refractivity contribution in [1.29, 1.82) is 0 Å². The maximum absolute atomic E-state index is 3.87. The molecular formula is C4H2N4S. The average Bonchev–Trinajstić information content (AvgIpc) is 2.33. The second-order valence-electron chi connectivity index (χ2n) is 1.47. The van der Waals surface area contributed by atoms with Gasteiger partial charge in [0.2, 0.25) is 0 Å². The summed E-state index contributed by atoms with van der Waals surface area (Å²) in [5.74, 6) is 0.676. The third kappa shape index (κ3) is 0.655. The molecule has 2 rings (SSSR count). The normalized spacial score (nSPS) is 10.2. The lowest BCUT2D eigenvalue weighted by molar-refractivity contribution is 1.06. The molecular weight excluding hydrogens is 136 g/mol. The molecule has 0 saturated heterocycles. The highest BCUT2D eigenvalue weighted by Crippen LogP contribution is 2.16. The third-order valence-corrected chi connectivity index (χ3v) is 1.61. The topological polar surface area (TPSA) is 51.6 Å². The van der Waals surface area contributed by atoms with Crippen LogP contribution < -0.4 is 0 Å². The van der Waals surface area contributed by atoms with Gasteiger partial charge >= 0.3 is 0 Å². The van der Waals surface area contributed by atoms with E-state index in [1.54, 1.807) is 6.20 Å². The van der Waals surface area contributed by atoms with Crippen molar-refractivity contribution in [3.8, 4) is 10.7 Å². The summed E-state index contributed by atoms with van der Waals surface area (Å²) in [6, 6.07) is 0. The molecule has 2 aliphatic rings. The summed E-state index contributed by atoms with van der Waals surface area (Å²) in [4.78, 5) is 4.80. The van der Waals surface area contributed by atoms with Crippen LogP contribution in [0, 0.1) is 0 Å². The van der Waals surface area contributed by atoms with Gasteiger partial charge in [0.05, 0.1) is 6.20 Å². The summed E-state index contributed by atoms with van der Waals surface area (Å²) >= 11 is 1.35. The fraction of sp³-hybridized carbons (Fsp3) is 0. The lowest BCUT2D eigenvalue weighted by Gasteiger charge is -1.85. The van der Waals surface area contributed by atoms with Gasteiger partial charge in [-0.25, -0.2) is 4.98 Å². The second-order valence-corrected chi connectivity index (χ2v) is 2.31. The molecule has 0 radical (unpaired) electrons. The van der Waals surface area contributed by atoms with Crippen LogP contribution in [0.2, 0.25) is 0 Å². The van der Waals surface area contributed by atoms with Gasteiger partial charge in [0.25, 0.3) is 0 Å². The van der Waals surface area contributed by atoms with Crippen molar-refractivity contribution in [3.63, 3.8) is 0 Å². The summed E-state index contributed by atoms with van der Waals surface area (Å²) < 4.78 is 3.84. The minimum absolute atomic E-state index is 0.676. The first-order valence-corrected chi connectivity index (χ1v) is 3.12. The van der Waals surface area contributed by atoms with E-state index in [2.05, 4.69) is 19.6 Å². The summed E-state index contributed by atoms with van der Waals surface area (Å²) in [6.07, 6.45) is 3.13. The van der Waals surface area contributed by atoms with Gasteiger partial charge < -0.3 is 0 Å². The maximum atomic E-state index is 3.87. The molecule has 0 aromatic heterocycles. The summed E-state index contributed by atoms with van der Waals surface area (Å²) in [5, 5.41) is 7.39. The summed E-state index contributed by atoms with van der Waals surface area (Å²) in [7, 11) is 0. The van der Waals surface area contributed by atoms with Gasteiger partial charge in [0.15, 0.2) is 5.82 Å². The number of fused-ring (bicyclic) bond motifs is 1. The van der Waals surface area contributed by atoms with E-state index in [-0.39, 0.29) is 0 Å². The molecule has 0 aliphatic carbocycles. The minimum atomic E-state index is 0.676. The zero-order valence-corrected chi connectivity index (χ0v) is 5.17. The van der Waals surface area contributed by atoms with Crippen molar-refractivity contribution in [2.75, 3.05) is 0 Å². The van der Waals surface area contributed by atoms with Crippen LogP contribution in [0.3, 0.4) is 0 Å². The molecule has 44 valence electrons. The van der Waals surface area contributed by atoms with Crippen molar-refractivity contribution in [3.05, 3.63) is 12.5 Å². The molecule has 0 fully saturated rings. The minimum Gasteiger partial charge on any atom is -0.213 e. The highest BCUT2D eigenvalue weighted by atomic mass is 32.1. The molecule has 9 heavy (non-hydrogen) atoms. The Morgan fingerprint density at radius 2 is 2.44 bits per heavy atom. The molecule has 0 spiro atoms. The van der Waals surface area contributed by atoms with E-state index in [0.29, 0.717) is 5.82 Å². The molecule has 0 aromatic rings. The Labute approximate surface area is 55.1 Å². The molecule has 0 bridgehead atoms. The predicted octanol–water partition coefficient (Wildman–Crippen LogP) is 0.433. The first kappa shape index (κ1) is 4.75. The lowest BCUT2D eigenvalue weighted by atomic mass is 10.5. The molecule has 0 amide bonds. The molecule has 4 nitrogen and oxygen atoms in total. The zero-order chi connectivity index (χ0) is 6.10. The Morgan fingerprint density at radius 1 is 1.44 bits per heavy atom. The fourth-order valence-electron chi connectivity index (χ4n) is 0.555. The quantitative estimate of drug-likeness (QED) is 0.529. The van der Waals surface area contributed by atoms with Gasteiger partial charge in [-0.15, -0.1) is 5.10 Å². The van der Waals surface area contributed by atoms with Gasteiger partial charge in [-0.2, -0.15) is 9.47 Å². The van der Waals surface area contributed by atoms with Crippen LogP contribution in [0.1, 0.15) is 0 Å². The Bertz CT molecular complexity index is 253. The van der Waals surface area contributed by atoms with Crippen LogP contribution >= 0.6 is 11.5 Å². The standard InChI is InChI=1S/C4H2N4S/c1-3-4(8-6-1)5-2-7-9-3/h1-2H. The lowest BCUT2D eigenvalue weighted by Crippen LogP contribution is -1.79. The number of rotatable bonds is 0. The van der Waals surface area contributed by atoms with Crippen LogP contribution in [0.4, 0.5) is 0 Å². The average molecular weight is 138 g/mol. The van der Waals surface area contributed by atoms with Crippen molar-refractivity contribution in [2.24, 2.45) is 0 Å². The maximum Gasteiger partial charge on any atom is 0.196 e. The van der Waals surface area contributed by atoms with Crippen LogP contribution in [-0.4, -0.2) is 19.6 Å². The SMILES string of the molecule is c1nsc2cnnc-2n1. The Morgan fingerprint density at radius 3 is 3.33 bits per heavy atom. The van der Waals surface area contributed by atoms with Crippen LogP contribution in [0.5, 0.6) is 0 Å². The monoisotopic (exact) mass is 138 g/mol. The molecule has 5 heteroatoms. The number of hydrogen-bond acceptors (Lipinski definition) is 5. The van der Waals surface area contributed by atoms with E-state index >= 15 is 0 Å². The highest BCUT2D eigenvalue weighted by molar-refractivity contribution is 7.09. The van der Waals surface area contributed by atoms with Crippen molar-refractivity contribution >= 4 is 11.5 Å². The van der Waals surface area contributed by atoms with Gasteiger partial charge in [-0.3, -0.25) is 0 Å². The largest absolute Gasteiger partial charge is 0.213 e.